The minimum atomic E-state index is 0.377. The first-order valence-corrected chi connectivity index (χ1v) is 9.47. The molecule has 0 aromatic heterocycles. The highest BCUT2D eigenvalue weighted by Crippen LogP contribution is 2.39. The minimum absolute atomic E-state index is 0.377. The highest BCUT2D eigenvalue weighted by Gasteiger charge is 2.40. The number of hydrogen-bond donors (Lipinski definition) is 0. The molecular weight excluding hydrogens is 270 g/mol. The van der Waals surface area contributed by atoms with Gasteiger partial charge in [0, 0.05) is 18.4 Å². The van der Waals surface area contributed by atoms with E-state index in [9.17, 15) is 4.79 Å². The maximum Gasteiger partial charge on any atom is 0.133 e. The number of carbonyl (C=O) groups excluding carboxylic acids is 1. The molecule has 2 nitrogen and oxygen atoms in total. The number of rotatable bonds is 6. The maximum absolute atomic E-state index is 11.6. The molecule has 0 N–H and O–H groups in total. The number of piperidine rings is 1. The molecule has 1 aliphatic carbocycles. The van der Waals surface area contributed by atoms with Crippen LogP contribution in [0.4, 0.5) is 0 Å². The highest BCUT2D eigenvalue weighted by molar-refractivity contribution is 5.79. The number of likely N-dealkylation sites (tertiary alicyclic amines) is 1. The fourth-order valence-electron chi connectivity index (χ4n) is 4.24. The topological polar surface area (TPSA) is 20.3 Å². The van der Waals surface area contributed by atoms with E-state index in [1.165, 1.54) is 58.0 Å². The fourth-order valence-corrected chi connectivity index (χ4v) is 4.24. The Kier molecular flexibility index (Phi) is 9.00. The summed E-state index contributed by atoms with van der Waals surface area (Å²) in [6, 6.07) is 0. The van der Waals surface area contributed by atoms with Crippen LogP contribution in [0.15, 0.2) is 13.2 Å². The summed E-state index contributed by atoms with van der Waals surface area (Å²) in [6.45, 7) is 13.2. The average Bonchev–Trinajstić information content (AvgIpc) is 2.59. The van der Waals surface area contributed by atoms with E-state index in [4.69, 9.17) is 0 Å². The van der Waals surface area contributed by atoms with Crippen LogP contribution in [0.2, 0.25) is 0 Å². The summed E-state index contributed by atoms with van der Waals surface area (Å²) in [5.41, 5.74) is 0.377. The van der Waals surface area contributed by atoms with Gasteiger partial charge < -0.3 is 0 Å². The van der Waals surface area contributed by atoms with Gasteiger partial charge in [-0.05, 0) is 51.1 Å². The minimum Gasteiger partial charge on any atom is -0.300 e. The Morgan fingerprint density at radius 3 is 2.18 bits per heavy atom. The standard InChI is InChI=1S/C18H33NO.C2H4/c1-3-5-6-11-18(12-7-17(20)8-13-18)19-14-9-16(4-2)10-15-19;1-2/h16H,3-15H2,1-2H3;1-2H2. The van der Waals surface area contributed by atoms with E-state index in [-0.39, 0.29) is 0 Å². The van der Waals surface area contributed by atoms with Gasteiger partial charge in [-0.25, -0.2) is 0 Å². The zero-order valence-electron chi connectivity index (χ0n) is 15.0. The summed E-state index contributed by atoms with van der Waals surface area (Å²) in [5, 5.41) is 0. The van der Waals surface area contributed by atoms with Crippen LogP contribution in [0.5, 0.6) is 0 Å². The molecule has 2 rings (SSSR count). The number of carbonyl (C=O) groups is 1. The monoisotopic (exact) mass is 307 g/mol. The SMILES string of the molecule is C=C.CCCCCC1(N2CCC(CC)CC2)CCC(=O)CC1. The second-order valence-corrected chi connectivity index (χ2v) is 7.06. The molecule has 0 unspecified atom stereocenters. The highest BCUT2D eigenvalue weighted by atomic mass is 16.1. The molecule has 1 aliphatic heterocycles. The van der Waals surface area contributed by atoms with Gasteiger partial charge in [0.05, 0.1) is 0 Å². The normalized spacial score (nSPS) is 22.9. The Balaban J connectivity index is 0.00000116. The number of unbranched alkanes of at least 4 members (excludes halogenated alkanes) is 2. The van der Waals surface area contributed by atoms with E-state index in [1.54, 1.807) is 0 Å². The van der Waals surface area contributed by atoms with Crippen LogP contribution in [0.3, 0.4) is 0 Å². The van der Waals surface area contributed by atoms with Gasteiger partial charge in [0.1, 0.15) is 5.78 Å². The van der Waals surface area contributed by atoms with E-state index in [0.29, 0.717) is 11.3 Å². The Bertz CT molecular complexity index is 308. The van der Waals surface area contributed by atoms with Crippen LogP contribution in [0.25, 0.3) is 0 Å². The van der Waals surface area contributed by atoms with E-state index < -0.39 is 0 Å². The smallest absolute Gasteiger partial charge is 0.133 e. The molecule has 0 bridgehead atoms. The fraction of sp³-hybridized carbons (Fsp3) is 0.850. The Morgan fingerprint density at radius 1 is 1.09 bits per heavy atom. The Morgan fingerprint density at radius 2 is 1.68 bits per heavy atom. The van der Waals surface area contributed by atoms with Gasteiger partial charge in [0.15, 0.2) is 0 Å². The summed E-state index contributed by atoms with van der Waals surface area (Å²) < 4.78 is 0. The van der Waals surface area contributed by atoms with Gasteiger partial charge in [0.25, 0.3) is 0 Å². The molecule has 2 fully saturated rings. The quantitative estimate of drug-likeness (QED) is 0.485. The maximum atomic E-state index is 11.6. The summed E-state index contributed by atoms with van der Waals surface area (Å²) in [4.78, 5) is 14.4. The van der Waals surface area contributed by atoms with E-state index in [0.717, 1.165) is 31.6 Å². The van der Waals surface area contributed by atoms with Crippen molar-refractivity contribution in [1.82, 2.24) is 4.90 Å². The van der Waals surface area contributed by atoms with Crippen molar-refractivity contribution < 1.29 is 4.79 Å². The van der Waals surface area contributed by atoms with E-state index in [1.807, 2.05) is 0 Å². The predicted octanol–water partition coefficient (Wildman–Crippen LogP) is 5.37. The molecule has 0 spiro atoms. The first-order chi connectivity index (χ1) is 10.7. The van der Waals surface area contributed by atoms with Crippen molar-refractivity contribution >= 4 is 5.78 Å². The van der Waals surface area contributed by atoms with E-state index >= 15 is 0 Å². The van der Waals surface area contributed by atoms with Gasteiger partial charge in [-0.15, -0.1) is 13.2 Å². The summed E-state index contributed by atoms with van der Waals surface area (Å²) in [6.07, 6.45) is 13.3. The molecule has 2 aliphatic rings. The lowest BCUT2D eigenvalue weighted by molar-refractivity contribution is -0.123. The first-order valence-electron chi connectivity index (χ1n) is 9.47. The van der Waals surface area contributed by atoms with Gasteiger partial charge in [-0.1, -0.05) is 39.5 Å². The van der Waals surface area contributed by atoms with Crippen molar-refractivity contribution in [2.75, 3.05) is 13.1 Å². The number of hydrogen-bond acceptors (Lipinski definition) is 2. The third-order valence-electron chi connectivity index (χ3n) is 5.85. The van der Waals surface area contributed by atoms with Crippen LogP contribution in [0, 0.1) is 5.92 Å². The van der Waals surface area contributed by atoms with Crippen molar-refractivity contribution in [3.8, 4) is 0 Å². The van der Waals surface area contributed by atoms with Crippen LogP contribution >= 0.6 is 0 Å². The predicted molar refractivity (Wildman–Crippen MR) is 96.2 cm³/mol. The van der Waals surface area contributed by atoms with Crippen LogP contribution in [-0.4, -0.2) is 29.3 Å². The van der Waals surface area contributed by atoms with Gasteiger partial charge in [-0.3, -0.25) is 9.69 Å². The number of ketones is 1. The lowest BCUT2D eigenvalue weighted by Crippen LogP contribution is -2.53. The molecule has 1 saturated carbocycles. The average molecular weight is 308 g/mol. The molecular formula is C20H37NO. The molecule has 0 aromatic rings. The summed E-state index contributed by atoms with van der Waals surface area (Å²) in [5.74, 6) is 1.45. The van der Waals surface area contributed by atoms with Crippen LogP contribution in [-0.2, 0) is 4.79 Å². The molecule has 0 radical (unpaired) electrons. The Labute approximate surface area is 138 Å². The van der Waals surface area contributed by atoms with Gasteiger partial charge in [0.2, 0.25) is 0 Å². The number of Topliss-reactive ketones (excluding diaryl/α,β-unsaturated/α-hetero) is 1. The molecule has 1 heterocycles. The molecule has 0 aromatic carbocycles. The second kappa shape index (κ2) is 10.2. The zero-order chi connectivity index (χ0) is 16.4. The summed E-state index contributed by atoms with van der Waals surface area (Å²) in [7, 11) is 0. The van der Waals surface area contributed by atoms with Crippen molar-refractivity contribution in [3.63, 3.8) is 0 Å². The molecule has 2 heteroatoms. The molecule has 0 atom stereocenters. The van der Waals surface area contributed by atoms with Crippen molar-refractivity contribution in [2.45, 2.75) is 90.0 Å². The first kappa shape index (κ1) is 19.4. The molecule has 22 heavy (non-hydrogen) atoms. The van der Waals surface area contributed by atoms with E-state index in [2.05, 4.69) is 31.9 Å². The van der Waals surface area contributed by atoms with Crippen molar-refractivity contribution in [2.24, 2.45) is 5.92 Å². The lowest BCUT2D eigenvalue weighted by atomic mass is 9.75. The molecule has 128 valence electrons. The third kappa shape index (κ3) is 5.22. The van der Waals surface area contributed by atoms with Gasteiger partial charge >= 0.3 is 0 Å². The van der Waals surface area contributed by atoms with Crippen molar-refractivity contribution in [1.29, 1.82) is 0 Å². The van der Waals surface area contributed by atoms with Crippen LogP contribution in [0.1, 0.15) is 84.5 Å². The van der Waals surface area contributed by atoms with Gasteiger partial charge in [-0.2, -0.15) is 0 Å². The zero-order valence-corrected chi connectivity index (χ0v) is 15.0. The molecule has 1 saturated heterocycles. The second-order valence-electron chi connectivity index (χ2n) is 7.06. The lowest BCUT2D eigenvalue weighted by Gasteiger charge is -2.49. The Hall–Kier alpha value is -0.630. The van der Waals surface area contributed by atoms with Crippen molar-refractivity contribution in [3.05, 3.63) is 13.2 Å². The molecule has 0 amide bonds. The largest absolute Gasteiger partial charge is 0.300 e. The summed E-state index contributed by atoms with van der Waals surface area (Å²) >= 11 is 0. The number of nitrogens with zero attached hydrogens (tertiary/aromatic N) is 1. The van der Waals surface area contributed by atoms with Crippen LogP contribution < -0.4 is 0 Å². The third-order valence-corrected chi connectivity index (χ3v) is 5.85.